The molecule has 0 unspecified atom stereocenters. The average molecular weight is 488 g/mol. The van der Waals surface area contributed by atoms with Gasteiger partial charge in [-0.3, -0.25) is 14.3 Å². The quantitative estimate of drug-likeness (QED) is 0.324. The van der Waals surface area contributed by atoms with Crippen molar-refractivity contribution in [2.24, 2.45) is 0 Å². The van der Waals surface area contributed by atoms with Crippen molar-refractivity contribution in [1.29, 1.82) is 0 Å². The molecule has 1 N–H and O–H groups in total. The van der Waals surface area contributed by atoms with Crippen LogP contribution < -0.4 is 5.32 Å². The van der Waals surface area contributed by atoms with Crippen LogP contribution >= 0.6 is 0 Å². The molecule has 9 nitrogen and oxygen atoms in total. The van der Waals surface area contributed by atoms with Gasteiger partial charge in [0.05, 0.1) is 12.0 Å². The summed E-state index contributed by atoms with van der Waals surface area (Å²) < 4.78 is 38.5. The molecule has 186 valence electrons. The first-order chi connectivity index (χ1) is 16.8. The van der Waals surface area contributed by atoms with Crippen LogP contribution in [0.25, 0.3) is 11.6 Å². The second-order valence-corrected chi connectivity index (χ2v) is 8.58. The molecule has 4 rings (SSSR count). The number of hydrogen-bond donors (Lipinski definition) is 1. The highest BCUT2D eigenvalue weighted by atomic mass is 19.3. The summed E-state index contributed by atoms with van der Waals surface area (Å²) in [7, 11) is 0. The maximum atomic E-state index is 13.6. The standard InChI is InChI=1S/C24H27F2N5O4/c1-3-4-11-34-20(33)13-27-19(32)14-31-18(21(25)26)12-17(29-31)22-28-23(30-35-22)24(9-10-24)16-8-6-5-7-15(16)2/h5-8,12,21H,3-4,9-11,13-14H2,1-2H3,(H,27,32). The number of carbonyl (C=O) groups excluding carboxylic acids is 2. The minimum atomic E-state index is -2.88. The molecule has 11 heteroatoms. The van der Waals surface area contributed by atoms with Crippen molar-refractivity contribution < 1.29 is 27.6 Å². The largest absolute Gasteiger partial charge is 0.464 e. The molecule has 1 fully saturated rings. The number of carbonyl (C=O) groups is 2. The highest BCUT2D eigenvalue weighted by Crippen LogP contribution is 2.53. The van der Waals surface area contributed by atoms with E-state index in [1.165, 1.54) is 0 Å². The monoisotopic (exact) mass is 487 g/mol. The molecule has 0 spiro atoms. The zero-order valence-corrected chi connectivity index (χ0v) is 19.6. The third-order valence-electron chi connectivity index (χ3n) is 6.00. The van der Waals surface area contributed by atoms with Crippen LogP contribution in [0.15, 0.2) is 34.9 Å². The van der Waals surface area contributed by atoms with Gasteiger partial charge in [-0.25, -0.2) is 8.78 Å². The van der Waals surface area contributed by atoms with Crippen molar-refractivity contribution >= 4 is 11.9 Å². The van der Waals surface area contributed by atoms with E-state index in [1.54, 1.807) is 0 Å². The maximum Gasteiger partial charge on any atom is 0.325 e. The molecule has 1 aromatic carbocycles. The molecule has 0 bridgehead atoms. The van der Waals surface area contributed by atoms with E-state index < -0.39 is 30.5 Å². The van der Waals surface area contributed by atoms with Crippen molar-refractivity contribution in [2.45, 2.75) is 57.9 Å². The summed E-state index contributed by atoms with van der Waals surface area (Å²) in [5, 5.41) is 10.6. The number of benzene rings is 1. The average Bonchev–Trinajstić information content (AvgIpc) is 3.27. The number of aromatic nitrogens is 4. The lowest BCUT2D eigenvalue weighted by molar-refractivity contribution is -0.144. The fourth-order valence-electron chi connectivity index (χ4n) is 3.95. The Balaban J connectivity index is 1.47. The first-order valence-corrected chi connectivity index (χ1v) is 11.5. The lowest BCUT2D eigenvalue weighted by Crippen LogP contribution is -2.34. The third-order valence-corrected chi connectivity index (χ3v) is 6.00. The van der Waals surface area contributed by atoms with Gasteiger partial charge >= 0.3 is 5.97 Å². The van der Waals surface area contributed by atoms with Crippen LogP contribution in [-0.2, 0) is 26.3 Å². The van der Waals surface area contributed by atoms with Crippen LogP contribution in [0, 0.1) is 6.92 Å². The molecule has 0 saturated heterocycles. The Morgan fingerprint density at radius 1 is 1.29 bits per heavy atom. The van der Waals surface area contributed by atoms with Crippen LogP contribution in [0.2, 0.25) is 0 Å². The van der Waals surface area contributed by atoms with Crippen LogP contribution in [0.1, 0.15) is 61.7 Å². The number of alkyl halides is 2. The third kappa shape index (κ3) is 5.39. The summed E-state index contributed by atoms with van der Waals surface area (Å²) in [6.45, 7) is 3.38. The molecule has 1 aliphatic carbocycles. The van der Waals surface area contributed by atoms with E-state index in [2.05, 4.69) is 20.6 Å². The number of unbranched alkanes of at least 4 members (excludes halogenated alkanes) is 1. The molecule has 2 aromatic heterocycles. The molecule has 0 radical (unpaired) electrons. The minimum absolute atomic E-state index is 0.000388. The molecule has 1 aliphatic rings. The Kier molecular flexibility index (Phi) is 7.23. The zero-order valence-electron chi connectivity index (χ0n) is 19.6. The predicted molar refractivity (Wildman–Crippen MR) is 121 cm³/mol. The second kappa shape index (κ2) is 10.3. The number of aryl methyl sites for hydroxylation is 1. The van der Waals surface area contributed by atoms with E-state index in [1.807, 2.05) is 38.1 Å². The normalized spacial score (nSPS) is 14.2. The first-order valence-electron chi connectivity index (χ1n) is 11.5. The Morgan fingerprint density at radius 3 is 2.74 bits per heavy atom. The van der Waals surface area contributed by atoms with Gasteiger partial charge in [-0.05, 0) is 43.4 Å². The predicted octanol–water partition coefficient (Wildman–Crippen LogP) is 3.72. The van der Waals surface area contributed by atoms with E-state index in [9.17, 15) is 18.4 Å². The summed E-state index contributed by atoms with van der Waals surface area (Å²) >= 11 is 0. The fraction of sp³-hybridized carbons (Fsp3) is 0.458. The highest BCUT2D eigenvalue weighted by Gasteiger charge is 2.50. The van der Waals surface area contributed by atoms with Crippen molar-refractivity contribution in [3.8, 4) is 11.6 Å². The molecule has 1 amide bonds. The van der Waals surface area contributed by atoms with Crippen molar-refractivity contribution in [3.05, 3.63) is 53.0 Å². The number of nitrogens with one attached hydrogen (secondary N) is 1. The minimum Gasteiger partial charge on any atom is -0.464 e. The summed E-state index contributed by atoms with van der Waals surface area (Å²) in [5.74, 6) is -0.769. The number of esters is 1. The van der Waals surface area contributed by atoms with Gasteiger partial charge in [0.15, 0.2) is 11.5 Å². The number of ether oxygens (including phenoxy) is 1. The van der Waals surface area contributed by atoms with Gasteiger partial charge in [0.25, 0.3) is 12.3 Å². The van der Waals surface area contributed by atoms with E-state index in [-0.39, 0.29) is 30.2 Å². The Hall–Kier alpha value is -3.63. The fourth-order valence-corrected chi connectivity index (χ4v) is 3.95. The Morgan fingerprint density at radius 2 is 2.06 bits per heavy atom. The molecule has 0 atom stereocenters. The number of hydrogen-bond acceptors (Lipinski definition) is 7. The van der Waals surface area contributed by atoms with Gasteiger partial charge < -0.3 is 14.6 Å². The SMILES string of the molecule is CCCCOC(=O)CNC(=O)Cn1nc(-c2nc(C3(c4ccccc4C)CC3)no2)cc1C(F)F. The van der Waals surface area contributed by atoms with Crippen molar-refractivity contribution in [1.82, 2.24) is 25.2 Å². The number of halogens is 2. The van der Waals surface area contributed by atoms with Crippen LogP contribution in [-0.4, -0.2) is 44.9 Å². The van der Waals surface area contributed by atoms with Gasteiger partial charge in [-0.1, -0.05) is 42.8 Å². The van der Waals surface area contributed by atoms with Crippen LogP contribution in [0.5, 0.6) is 0 Å². The number of amides is 1. The van der Waals surface area contributed by atoms with Gasteiger partial charge in [0, 0.05) is 0 Å². The lowest BCUT2D eigenvalue weighted by Gasteiger charge is -2.13. The van der Waals surface area contributed by atoms with Gasteiger partial charge in [0.1, 0.15) is 18.8 Å². The smallest absolute Gasteiger partial charge is 0.325 e. The highest BCUT2D eigenvalue weighted by molar-refractivity contribution is 5.81. The second-order valence-electron chi connectivity index (χ2n) is 8.58. The number of nitrogens with zero attached hydrogens (tertiary/aromatic N) is 4. The molecule has 0 aliphatic heterocycles. The Labute approximate surface area is 200 Å². The van der Waals surface area contributed by atoms with E-state index in [0.29, 0.717) is 5.82 Å². The molecule has 2 heterocycles. The van der Waals surface area contributed by atoms with Crippen LogP contribution in [0.4, 0.5) is 8.78 Å². The maximum absolute atomic E-state index is 13.6. The van der Waals surface area contributed by atoms with Crippen LogP contribution in [0.3, 0.4) is 0 Å². The number of rotatable bonds is 11. The molecular formula is C24H27F2N5O4. The van der Waals surface area contributed by atoms with Crippen molar-refractivity contribution in [3.63, 3.8) is 0 Å². The van der Waals surface area contributed by atoms with Crippen molar-refractivity contribution in [2.75, 3.05) is 13.2 Å². The molecule has 35 heavy (non-hydrogen) atoms. The zero-order chi connectivity index (χ0) is 25.0. The van der Waals surface area contributed by atoms with Gasteiger partial charge in [-0.15, -0.1) is 0 Å². The molecule has 1 saturated carbocycles. The molecule has 3 aromatic rings. The van der Waals surface area contributed by atoms with Gasteiger partial charge in [0.2, 0.25) is 5.91 Å². The van der Waals surface area contributed by atoms with E-state index >= 15 is 0 Å². The summed E-state index contributed by atoms with van der Waals surface area (Å²) in [5.41, 5.74) is 1.44. The van der Waals surface area contributed by atoms with E-state index in [4.69, 9.17) is 9.26 Å². The molecular weight excluding hydrogens is 460 g/mol. The first kappa shape index (κ1) is 24.5. The summed E-state index contributed by atoms with van der Waals surface area (Å²) in [6.07, 6.45) is 0.416. The summed E-state index contributed by atoms with van der Waals surface area (Å²) in [4.78, 5) is 28.3. The topological polar surface area (TPSA) is 112 Å². The van der Waals surface area contributed by atoms with Gasteiger partial charge in [-0.2, -0.15) is 10.1 Å². The summed E-state index contributed by atoms with van der Waals surface area (Å²) in [6, 6.07) is 9.08. The van der Waals surface area contributed by atoms with E-state index in [0.717, 1.165) is 47.6 Å². The Bertz CT molecular complexity index is 1200. The lowest BCUT2D eigenvalue weighted by atomic mass is 9.91.